The van der Waals surface area contributed by atoms with Gasteiger partial charge in [-0.1, -0.05) is 71.4 Å². The van der Waals surface area contributed by atoms with Gasteiger partial charge in [0.2, 0.25) is 0 Å². The normalized spacial score (nSPS) is 11.0. The first-order valence-corrected chi connectivity index (χ1v) is 9.17. The molecule has 1 N–H and O–H groups in total. The summed E-state index contributed by atoms with van der Waals surface area (Å²) in [5, 5.41) is 11.5. The van der Waals surface area contributed by atoms with Crippen molar-refractivity contribution < 1.29 is 5.11 Å². The Labute approximate surface area is 155 Å². The first-order chi connectivity index (χ1) is 11.7. The summed E-state index contributed by atoms with van der Waals surface area (Å²) in [6.45, 7) is 0.640. The lowest BCUT2D eigenvalue weighted by Crippen LogP contribution is -2.00. The second kappa shape index (κ2) is 8.08. The molecule has 0 aliphatic carbocycles. The zero-order chi connectivity index (χ0) is 16.9. The zero-order valence-electron chi connectivity index (χ0n) is 12.8. The molecule has 1 heterocycles. The maximum Gasteiger partial charge on any atom is 0.168 e. The molecular weight excluding hydrogens is 363 g/mol. The molecule has 0 aliphatic heterocycles. The summed E-state index contributed by atoms with van der Waals surface area (Å²) >= 11 is 13.8. The van der Waals surface area contributed by atoms with E-state index in [9.17, 15) is 5.11 Å². The fourth-order valence-corrected chi connectivity index (χ4v) is 3.87. The molecule has 0 radical (unpaired) electrons. The van der Waals surface area contributed by atoms with E-state index in [1.54, 1.807) is 17.8 Å². The Bertz CT molecular complexity index is 821. The monoisotopic (exact) mass is 378 g/mol. The quantitative estimate of drug-likeness (QED) is 0.611. The summed E-state index contributed by atoms with van der Waals surface area (Å²) in [4.78, 5) is 4.49. The molecule has 124 valence electrons. The molecule has 3 nitrogen and oxygen atoms in total. The predicted molar refractivity (Wildman–Crippen MR) is 99.7 cm³/mol. The van der Waals surface area contributed by atoms with Gasteiger partial charge in [0.15, 0.2) is 5.16 Å². The summed E-state index contributed by atoms with van der Waals surface area (Å²) in [6, 6.07) is 15.7. The Hall–Kier alpha value is -1.46. The van der Waals surface area contributed by atoms with E-state index >= 15 is 0 Å². The molecule has 0 aliphatic rings. The van der Waals surface area contributed by atoms with Crippen LogP contribution >= 0.6 is 35.0 Å². The number of nitrogens with zero attached hydrogens (tertiary/aromatic N) is 2. The van der Waals surface area contributed by atoms with Crippen LogP contribution in [0, 0.1) is 0 Å². The van der Waals surface area contributed by atoms with Gasteiger partial charge in [0.25, 0.3) is 0 Å². The number of halogens is 2. The van der Waals surface area contributed by atoms with Gasteiger partial charge in [-0.3, -0.25) is 0 Å². The zero-order valence-corrected chi connectivity index (χ0v) is 15.2. The second-order valence-corrected chi connectivity index (χ2v) is 7.10. The van der Waals surface area contributed by atoms with Crippen molar-refractivity contribution in [3.8, 4) is 0 Å². The average Bonchev–Trinajstić information content (AvgIpc) is 2.97. The molecule has 6 heteroatoms. The van der Waals surface area contributed by atoms with Gasteiger partial charge >= 0.3 is 0 Å². The van der Waals surface area contributed by atoms with Crippen molar-refractivity contribution in [3.63, 3.8) is 0 Å². The Balaban J connectivity index is 1.78. The van der Waals surface area contributed by atoms with Gasteiger partial charge in [-0.15, -0.1) is 0 Å². The minimum absolute atomic E-state index is 0.0724. The molecule has 2 aromatic carbocycles. The first-order valence-electron chi connectivity index (χ1n) is 7.43. The molecule has 0 bridgehead atoms. The van der Waals surface area contributed by atoms with E-state index < -0.39 is 0 Å². The van der Waals surface area contributed by atoms with E-state index in [0.29, 0.717) is 28.0 Å². The summed E-state index contributed by atoms with van der Waals surface area (Å²) < 4.78 is 2.05. The van der Waals surface area contributed by atoms with Crippen LogP contribution in [-0.2, 0) is 18.9 Å². The molecule has 24 heavy (non-hydrogen) atoms. The number of benzene rings is 2. The lowest BCUT2D eigenvalue weighted by atomic mass is 10.2. The second-order valence-electron chi connectivity index (χ2n) is 5.31. The minimum atomic E-state index is -0.0724. The summed E-state index contributed by atoms with van der Waals surface area (Å²) in [5.74, 6) is 0.687. The van der Waals surface area contributed by atoms with E-state index in [0.717, 1.165) is 10.7 Å². The maximum absolute atomic E-state index is 9.38. The smallest absolute Gasteiger partial charge is 0.168 e. The van der Waals surface area contributed by atoms with Crippen molar-refractivity contribution in [3.05, 3.63) is 81.6 Å². The van der Waals surface area contributed by atoms with Crippen LogP contribution in [0.4, 0.5) is 0 Å². The molecule has 0 saturated carbocycles. The molecule has 0 amide bonds. The first kappa shape index (κ1) is 17.4. The van der Waals surface area contributed by atoms with Crippen molar-refractivity contribution >= 4 is 35.0 Å². The van der Waals surface area contributed by atoms with Gasteiger partial charge in [-0.2, -0.15) is 0 Å². The number of thioether (sulfide) groups is 1. The van der Waals surface area contributed by atoms with E-state index in [1.165, 1.54) is 5.56 Å². The van der Waals surface area contributed by atoms with E-state index in [1.807, 2.05) is 36.5 Å². The van der Waals surface area contributed by atoms with Gasteiger partial charge in [0, 0.05) is 28.5 Å². The van der Waals surface area contributed by atoms with Crippen LogP contribution in [0.25, 0.3) is 0 Å². The number of hydrogen-bond donors (Lipinski definition) is 1. The summed E-state index contributed by atoms with van der Waals surface area (Å²) in [5.41, 5.74) is 2.85. The molecule has 3 rings (SSSR count). The van der Waals surface area contributed by atoms with Crippen LogP contribution in [-0.4, -0.2) is 14.7 Å². The van der Waals surface area contributed by atoms with Gasteiger partial charge in [-0.25, -0.2) is 4.98 Å². The molecule has 0 spiro atoms. The van der Waals surface area contributed by atoms with Crippen molar-refractivity contribution in [2.24, 2.45) is 0 Å². The number of hydrogen-bond acceptors (Lipinski definition) is 3. The molecule has 0 fully saturated rings. The number of aliphatic hydroxyl groups excluding tert-OH is 1. The largest absolute Gasteiger partial charge is 0.390 e. The van der Waals surface area contributed by atoms with E-state index in [4.69, 9.17) is 23.2 Å². The van der Waals surface area contributed by atoms with Crippen molar-refractivity contribution in [2.45, 2.75) is 24.1 Å². The topological polar surface area (TPSA) is 38.0 Å². The predicted octanol–water partition coefficient (Wildman–Crippen LogP) is 5.02. The van der Waals surface area contributed by atoms with Crippen molar-refractivity contribution in [1.29, 1.82) is 0 Å². The third-order valence-corrected chi connectivity index (χ3v) is 5.15. The maximum atomic E-state index is 9.38. The highest BCUT2D eigenvalue weighted by Gasteiger charge is 2.10. The lowest BCUT2D eigenvalue weighted by molar-refractivity contribution is 0.277. The molecule has 1 aromatic heterocycles. The molecule has 0 saturated heterocycles. The lowest BCUT2D eigenvalue weighted by Gasteiger charge is -2.08. The minimum Gasteiger partial charge on any atom is -0.390 e. The van der Waals surface area contributed by atoms with E-state index in [-0.39, 0.29) is 6.61 Å². The van der Waals surface area contributed by atoms with E-state index in [2.05, 4.69) is 21.7 Å². The van der Waals surface area contributed by atoms with Crippen LogP contribution in [0.1, 0.15) is 16.8 Å². The van der Waals surface area contributed by atoms with Crippen LogP contribution < -0.4 is 0 Å². The Morgan fingerprint density at radius 1 is 1.08 bits per heavy atom. The van der Waals surface area contributed by atoms with Gasteiger partial charge < -0.3 is 9.67 Å². The number of aromatic nitrogens is 2. The van der Waals surface area contributed by atoms with Crippen molar-refractivity contribution in [2.75, 3.05) is 0 Å². The highest BCUT2D eigenvalue weighted by Crippen LogP contribution is 2.28. The standard InChI is InChI=1S/C18H16Cl2N2OS/c19-15-7-6-14(17(20)8-15)12-24-18-21-16(11-23)10-22(18)9-13-4-2-1-3-5-13/h1-8,10,23H,9,11-12H2. The number of aliphatic hydroxyl groups is 1. The molecule has 0 atom stereocenters. The fourth-order valence-electron chi connectivity index (χ4n) is 2.32. The molecular formula is C18H16Cl2N2OS. The highest BCUT2D eigenvalue weighted by molar-refractivity contribution is 7.98. The SMILES string of the molecule is OCc1cn(Cc2ccccc2)c(SCc2ccc(Cl)cc2Cl)n1. The summed E-state index contributed by atoms with van der Waals surface area (Å²) in [6.07, 6.45) is 1.89. The Morgan fingerprint density at radius 2 is 1.88 bits per heavy atom. The fraction of sp³-hybridized carbons (Fsp3) is 0.167. The van der Waals surface area contributed by atoms with Gasteiger partial charge in [-0.05, 0) is 23.3 Å². The highest BCUT2D eigenvalue weighted by atomic mass is 35.5. The van der Waals surface area contributed by atoms with Crippen LogP contribution in [0.3, 0.4) is 0 Å². The third kappa shape index (κ3) is 4.33. The van der Waals surface area contributed by atoms with Crippen molar-refractivity contribution in [1.82, 2.24) is 9.55 Å². The average molecular weight is 379 g/mol. The number of imidazole rings is 1. The molecule has 3 aromatic rings. The van der Waals surface area contributed by atoms with Crippen LogP contribution in [0.5, 0.6) is 0 Å². The molecule has 0 unspecified atom stereocenters. The van der Waals surface area contributed by atoms with Gasteiger partial charge in [0.05, 0.1) is 12.3 Å². The Kier molecular flexibility index (Phi) is 5.85. The summed E-state index contributed by atoms with van der Waals surface area (Å²) in [7, 11) is 0. The Morgan fingerprint density at radius 3 is 2.58 bits per heavy atom. The number of rotatable bonds is 6. The third-order valence-electron chi connectivity index (χ3n) is 3.52. The van der Waals surface area contributed by atoms with Crippen LogP contribution in [0.2, 0.25) is 10.0 Å². The van der Waals surface area contributed by atoms with Crippen LogP contribution in [0.15, 0.2) is 59.9 Å². The van der Waals surface area contributed by atoms with Gasteiger partial charge in [0.1, 0.15) is 0 Å².